The van der Waals surface area contributed by atoms with Crippen molar-refractivity contribution in [3.05, 3.63) is 126 Å². The van der Waals surface area contributed by atoms with Crippen LogP contribution in [0.15, 0.2) is 109 Å². The van der Waals surface area contributed by atoms with Gasteiger partial charge in [0, 0.05) is 24.6 Å². The van der Waals surface area contributed by atoms with Gasteiger partial charge >= 0.3 is 18.2 Å². The molecule has 0 aliphatic carbocycles. The van der Waals surface area contributed by atoms with E-state index in [1.54, 1.807) is 48.2 Å². The average Bonchev–Trinajstić information content (AvgIpc) is 3.55. The van der Waals surface area contributed by atoms with Crippen molar-refractivity contribution in [1.29, 1.82) is 5.41 Å². The van der Waals surface area contributed by atoms with E-state index in [0.717, 1.165) is 16.7 Å². The zero-order valence-corrected chi connectivity index (χ0v) is 29.0. The number of nitrogens with zero attached hydrogens (tertiary/aromatic N) is 1. The molecule has 0 spiro atoms. The molecule has 270 valence electrons. The first-order valence-electron chi connectivity index (χ1n) is 17.0. The SMILES string of the molecule is CCOC(=O)OC(C)OC(=O)C[C@@H]1C[C@@H](COc2ccc(-c3ccc(C(=N)NC(=O)OCc4ccccc4)cc3)cc2)N(C(=O)c2ccccc2)C1. The molecule has 1 saturated heterocycles. The van der Waals surface area contributed by atoms with E-state index in [0.29, 0.717) is 29.8 Å². The lowest BCUT2D eigenvalue weighted by Crippen LogP contribution is -2.39. The van der Waals surface area contributed by atoms with Gasteiger partial charge in [0.1, 0.15) is 24.8 Å². The molecular weight excluding hydrogens is 666 g/mol. The number of hydrogen-bond acceptors (Lipinski definition) is 10. The van der Waals surface area contributed by atoms with Gasteiger partial charge in [-0.3, -0.25) is 20.3 Å². The smallest absolute Gasteiger partial charge is 0.491 e. The van der Waals surface area contributed by atoms with Crippen LogP contribution < -0.4 is 10.1 Å². The van der Waals surface area contributed by atoms with Crippen LogP contribution in [-0.4, -0.2) is 67.0 Å². The fourth-order valence-corrected chi connectivity index (χ4v) is 5.79. The third kappa shape index (κ3) is 10.7. The number of likely N-dealkylation sites (tertiary alicyclic amines) is 1. The standard InChI is InChI=1S/C40H41N3O9/c1-3-48-40(47)52-27(2)51-36(44)23-29-22-34(43(24-29)38(45)33-12-8-5-9-13-33)26-49-35-20-18-31(19-21-35)30-14-16-32(17-15-30)37(41)42-39(46)50-25-28-10-6-4-7-11-28/h4-21,27,29,34H,3,22-26H2,1-2H3,(H2,41,42,46)/t27?,29-,34-/m0/s1. The van der Waals surface area contributed by atoms with Gasteiger partial charge in [-0.1, -0.05) is 84.9 Å². The number of ether oxygens (including phenoxy) is 5. The van der Waals surface area contributed by atoms with E-state index in [2.05, 4.69) is 5.32 Å². The van der Waals surface area contributed by atoms with Crippen molar-refractivity contribution in [1.82, 2.24) is 10.2 Å². The third-order valence-electron chi connectivity index (χ3n) is 8.30. The highest BCUT2D eigenvalue weighted by Gasteiger charge is 2.37. The lowest BCUT2D eigenvalue weighted by molar-refractivity contribution is -0.168. The number of nitrogens with one attached hydrogen (secondary N) is 2. The molecule has 3 atom stereocenters. The third-order valence-corrected chi connectivity index (χ3v) is 8.30. The Morgan fingerprint density at radius 2 is 1.44 bits per heavy atom. The predicted octanol–water partition coefficient (Wildman–Crippen LogP) is 6.97. The molecule has 2 amide bonds. The summed E-state index contributed by atoms with van der Waals surface area (Å²) in [6.07, 6.45) is -2.19. The first kappa shape index (κ1) is 37.1. The molecule has 0 bridgehead atoms. The number of carbonyl (C=O) groups is 4. The second-order valence-corrected chi connectivity index (χ2v) is 12.1. The number of alkyl carbamates (subject to hydrolysis) is 1. The Balaban J connectivity index is 1.15. The summed E-state index contributed by atoms with van der Waals surface area (Å²) in [5.74, 6) is -0.355. The van der Waals surface area contributed by atoms with E-state index in [-0.39, 0.29) is 49.9 Å². The minimum atomic E-state index is -1.11. The number of rotatable bonds is 13. The molecule has 1 aliphatic heterocycles. The van der Waals surface area contributed by atoms with Gasteiger partial charge in [-0.2, -0.15) is 0 Å². The Hall–Kier alpha value is -6.17. The second kappa shape index (κ2) is 18.2. The van der Waals surface area contributed by atoms with Crippen LogP contribution >= 0.6 is 0 Å². The fraction of sp³-hybridized carbons (Fsp3) is 0.275. The molecule has 4 aromatic carbocycles. The minimum Gasteiger partial charge on any atom is -0.491 e. The highest BCUT2D eigenvalue weighted by Crippen LogP contribution is 2.30. The van der Waals surface area contributed by atoms with Crippen LogP contribution in [0, 0.1) is 11.3 Å². The average molecular weight is 708 g/mol. The molecule has 12 nitrogen and oxygen atoms in total. The summed E-state index contributed by atoms with van der Waals surface area (Å²) in [4.78, 5) is 51.6. The predicted molar refractivity (Wildman–Crippen MR) is 192 cm³/mol. The summed E-state index contributed by atoms with van der Waals surface area (Å²) < 4.78 is 26.3. The van der Waals surface area contributed by atoms with Gasteiger partial charge in [-0.05, 0) is 60.2 Å². The molecule has 0 aromatic heterocycles. The van der Waals surface area contributed by atoms with Gasteiger partial charge in [-0.15, -0.1) is 0 Å². The normalized spacial score (nSPS) is 15.5. The van der Waals surface area contributed by atoms with Crippen LogP contribution in [0.1, 0.15) is 48.2 Å². The van der Waals surface area contributed by atoms with Crippen LogP contribution in [0.4, 0.5) is 9.59 Å². The van der Waals surface area contributed by atoms with Gasteiger partial charge in [0.15, 0.2) is 0 Å². The molecule has 2 N–H and O–H groups in total. The molecule has 12 heteroatoms. The molecule has 1 fully saturated rings. The lowest BCUT2D eigenvalue weighted by atomic mass is 10.0. The van der Waals surface area contributed by atoms with Crippen molar-refractivity contribution < 1.29 is 42.9 Å². The van der Waals surface area contributed by atoms with Crippen molar-refractivity contribution in [2.24, 2.45) is 5.92 Å². The van der Waals surface area contributed by atoms with Gasteiger partial charge in [0.2, 0.25) is 6.29 Å². The van der Waals surface area contributed by atoms with Gasteiger partial charge < -0.3 is 28.6 Å². The molecule has 1 unspecified atom stereocenters. The van der Waals surface area contributed by atoms with Crippen LogP contribution in [0.3, 0.4) is 0 Å². The number of amidine groups is 1. The van der Waals surface area contributed by atoms with Gasteiger partial charge in [-0.25, -0.2) is 9.59 Å². The van der Waals surface area contributed by atoms with E-state index in [1.807, 2.05) is 72.8 Å². The summed E-state index contributed by atoms with van der Waals surface area (Å²) in [5.41, 5.74) is 3.74. The molecule has 0 radical (unpaired) electrons. The monoisotopic (exact) mass is 707 g/mol. The summed E-state index contributed by atoms with van der Waals surface area (Å²) >= 11 is 0. The summed E-state index contributed by atoms with van der Waals surface area (Å²) in [6.45, 7) is 3.87. The maximum Gasteiger partial charge on any atom is 0.511 e. The van der Waals surface area contributed by atoms with E-state index >= 15 is 0 Å². The lowest BCUT2D eigenvalue weighted by Gasteiger charge is -2.25. The Kier molecular flexibility index (Phi) is 13.0. The number of amides is 2. The van der Waals surface area contributed by atoms with Crippen molar-refractivity contribution in [3.8, 4) is 16.9 Å². The number of hydrogen-bond donors (Lipinski definition) is 2. The van der Waals surface area contributed by atoms with Gasteiger partial charge in [0.25, 0.3) is 5.91 Å². The van der Waals surface area contributed by atoms with Crippen molar-refractivity contribution in [2.75, 3.05) is 19.8 Å². The molecular formula is C40H41N3O9. The van der Waals surface area contributed by atoms with Crippen LogP contribution in [-0.2, 0) is 30.3 Å². The zero-order valence-electron chi connectivity index (χ0n) is 29.0. The number of esters is 1. The quantitative estimate of drug-likeness (QED) is 0.0493. The topological polar surface area (TPSA) is 154 Å². The molecule has 1 heterocycles. The summed E-state index contributed by atoms with van der Waals surface area (Å²) in [6, 6.07) is 32.7. The van der Waals surface area contributed by atoms with Crippen LogP contribution in [0.2, 0.25) is 0 Å². The van der Waals surface area contributed by atoms with Crippen molar-refractivity contribution >= 4 is 30.0 Å². The first-order valence-corrected chi connectivity index (χ1v) is 17.0. The molecule has 52 heavy (non-hydrogen) atoms. The highest BCUT2D eigenvalue weighted by molar-refractivity contribution is 6.04. The Labute approximate surface area is 302 Å². The fourth-order valence-electron chi connectivity index (χ4n) is 5.79. The zero-order chi connectivity index (χ0) is 36.9. The number of carbonyl (C=O) groups excluding carboxylic acids is 4. The highest BCUT2D eigenvalue weighted by atomic mass is 16.8. The Morgan fingerprint density at radius 3 is 2.10 bits per heavy atom. The van der Waals surface area contributed by atoms with Crippen LogP contribution in [0.25, 0.3) is 11.1 Å². The summed E-state index contributed by atoms with van der Waals surface area (Å²) in [5, 5.41) is 10.7. The summed E-state index contributed by atoms with van der Waals surface area (Å²) in [7, 11) is 0. The molecule has 1 aliphatic rings. The van der Waals surface area contributed by atoms with E-state index in [1.165, 1.54) is 6.92 Å². The van der Waals surface area contributed by atoms with E-state index in [9.17, 15) is 19.2 Å². The largest absolute Gasteiger partial charge is 0.511 e. The van der Waals surface area contributed by atoms with E-state index < -0.39 is 24.5 Å². The molecule has 0 saturated carbocycles. The first-order chi connectivity index (χ1) is 25.2. The maximum atomic E-state index is 13.5. The maximum absolute atomic E-state index is 13.5. The molecule has 4 aromatic rings. The Morgan fingerprint density at radius 1 is 0.808 bits per heavy atom. The van der Waals surface area contributed by atoms with Crippen LogP contribution in [0.5, 0.6) is 5.75 Å². The number of benzene rings is 4. The van der Waals surface area contributed by atoms with E-state index in [4.69, 9.17) is 29.1 Å². The second-order valence-electron chi connectivity index (χ2n) is 12.1. The minimum absolute atomic E-state index is 0.0347. The van der Waals surface area contributed by atoms with Crippen molar-refractivity contribution in [3.63, 3.8) is 0 Å². The Bertz CT molecular complexity index is 1820. The molecule has 5 rings (SSSR count). The van der Waals surface area contributed by atoms with Crippen molar-refractivity contribution in [2.45, 2.75) is 45.6 Å². The van der Waals surface area contributed by atoms with Gasteiger partial charge in [0.05, 0.1) is 19.1 Å².